The van der Waals surface area contributed by atoms with Crippen molar-refractivity contribution in [2.24, 2.45) is 0 Å². The van der Waals surface area contributed by atoms with Crippen LogP contribution in [0.4, 0.5) is 14.9 Å². The molecule has 2 amide bonds. The summed E-state index contributed by atoms with van der Waals surface area (Å²) < 4.78 is 18.5. The predicted molar refractivity (Wildman–Crippen MR) is 67.8 cm³/mol. The summed E-state index contributed by atoms with van der Waals surface area (Å²) >= 11 is 3.16. The summed E-state index contributed by atoms with van der Waals surface area (Å²) in [5.74, 6) is -1.12. The molecule has 0 aliphatic heterocycles. The quantitative estimate of drug-likeness (QED) is 0.837. The van der Waals surface area contributed by atoms with E-state index in [-0.39, 0.29) is 18.8 Å². The predicted octanol–water partition coefficient (Wildman–Crippen LogP) is 2.27. The lowest BCUT2D eigenvalue weighted by Gasteiger charge is -2.08. The number of urea groups is 1. The third kappa shape index (κ3) is 4.70. The molecule has 1 aromatic rings. The highest BCUT2D eigenvalue weighted by Crippen LogP contribution is 2.19. The molecule has 0 aromatic heterocycles. The Labute approximate surface area is 112 Å². The van der Waals surface area contributed by atoms with Crippen LogP contribution in [0.5, 0.6) is 0 Å². The number of esters is 1. The van der Waals surface area contributed by atoms with E-state index in [1.165, 1.54) is 18.2 Å². The maximum Gasteiger partial charge on any atom is 0.325 e. The number of carbonyl (C=O) groups excluding carboxylic acids is 2. The Hall–Kier alpha value is -1.63. The minimum Gasteiger partial charge on any atom is -0.465 e. The summed E-state index contributed by atoms with van der Waals surface area (Å²) in [5, 5.41) is 4.54. The molecular formula is C11H12BrFN2O3. The molecule has 0 unspecified atom stereocenters. The second kappa shape index (κ2) is 6.95. The zero-order chi connectivity index (χ0) is 13.5. The lowest BCUT2D eigenvalue weighted by atomic mass is 10.3. The molecule has 0 aliphatic carbocycles. The minimum atomic E-state index is -0.681. The van der Waals surface area contributed by atoms with Gasteiger partial charge < -0.3 is 15.4 Å². The number of anilines is 1. The minimum absolute atomic E-state index is 0.0192. The fourth-order valence-corrected chi connectivity index (χ4v) is 1.49. The van der Waals surface area contributed by atoms with Gasteiger partial charge in [-0.25, -0.2) is 9.18 Å². The monoisotopic (exact) mass is 318 g/mol. The zero-order valence-electron chi connectivity index (χ0n) is 9.63. The van der Waals surface area contributed by atoms with E-state index in [0.717, 1.165) is 0 Å². The first-order valence-electron chi connectivity index (χ1n) is 5.18. The van der Waals surface area contributed by atoms with Crippen molar-refractivity contribution in [1.82, 2.24) is 5.32 Å². The van der Waals surface area contributed by atoms with Crippen molar-refractivity contribution < 1.29 is 18.7 Å². The van der Waals surface area contributed by atoms with E-state index >= 15 is 0 Å². The number of hydrogen-bond acceptors (Lipinski definition) is 3. The standard InChI is InChI=1S/C11H12BrFN2O3/c1-2-18-10(16)6-14-11(17)15-9-5-7(12)3-4-8(9)13/h3-5H,2,6H2,1H3,(H2,14,15,17). The number of halogens is 2. The molecule has 0 atom stereocenters. The summed E-state index contributed by atoms with van der Waals surface area (Å²) in [6, 6.07) is 3.46. The van der Waals surface area contributed by atoms with Gasteiger partial charge in [0.05, 0.1) is 12.3 Å². The number of rotatable bonds is 4. The Morgan fingerprint density at radius 3 is 2.83 bits per heavy atom. The van der Waals surface area contributed by atoms with E-state index in [2.05, 4.69) is 31.3 Å². The molecule has 2 N–H and O–H groups in total. The second-order valence-electron chi connectivity index (χ2n) is 3.24. The SMILES string of the molecule is CCOC(=O)CNC(=O)Nc1cc(Br)ccc1F. The van der Waals surface area contributed by atoms with Gasteiger partial charge in [0, 0.05) is 4.47 Å². The van der Waals surface area contributed by atoms with Crippen LogP contribution in [0.3, 0.4) is 0 Å². The summed E-state index contributed by atoms with van der Waals surface area (Å²) in [6.07, 6.45) is 0. The Bertz CT molecular complexity index is 454. The molecule has 7 heteroatoms. The Morgan fingerprint density at radius 1 is 1.44 bits per heavy atom. The highest BCUT2D eigenvalue weighted by Gasteiger charge is 2.09. The molecule has 0 radical (unpaired) electrons. The van der Waals surface area contributed by atoms with Crippen LogP contribution in [0.25, 0.3) is 0 Å². The molecule has 0 saturated carbocycles. The van der Waals surface area contributed by atoms with Crippen molar-refractivity contribution in [1.29, 1.82) is 0 Å². The number of carbonyl (C=O) groups is 2. The van der Waals surface area contributed by atoms with Crippen LogP contribution in [0.2, 0.25) is 0 Å². The Balaban J connectivity index is 2.49. The van der Waals surface area contributed by atoms with Crippen molar-refractivity contribution in [3.8, 4) is 0 Å². The molecule has 18 heavy (non-hydrogen) atoms. The highest BCUT2D eigenvalue weighted by molar-refractivity contribution is 9.10. The molecule has 0 heterocycles. The van der Waals surface area contributed by atoms with Crippen LogP contribution >= 0.6 is 15.9 Å². The van der Waals surface area contributed by atoms with Crippen molar-refractivity contribution in [2.75, 3.05) is 18.5 Å². The summed E-state index contributed by atoms with van der Waals surface area (Å²) in [7, 11) is 0. The number of ether oxygens (including phenoxy) is 1. The average Bonchev–Trinajstić information content (AvgIpc) is 2.32. The summed E-state index contributed by atoms with van der Waals surface area (Å²) in [6.45, 7) is 1.63. The average molecular weight is 319 g/mol. The molecule has 98 valence electrons. The van der Waals surface area contributed by atoms with Gasteiger partial charge >= 0.3 is 12.0 Å². The van der Waals surface area contributed by atoms with Gasteiger partial charge in [-0.3, -0.25) is 4.79 Å². The van der Waals surface area contributed by atoms with E-state index in [1.807, 2.05) is 0 Å². The normalized spacial score (nSPS) is 9.72. The molecule has 0 saturated heterocycles. The number of hydrogen-bond donors (Lipinski definition) is 2. The fourth-order valence-electron chi connectivity index (χ4n) is 1.12. The van der Waals surface area contributed by atoms with Crippen molar-refractivity contribution in [3.63, 3.8) is 0 Å². The lowest BCUT2D eigenvalue weighted by Crippen LogP contribution is -2.34. The van der Waals surface area contributed by atoms with Crippen LogP contribution in [0, 0.1) is 5.82 Å². The zero-order valence-corrected chi connectivity index (χ0v) is 11.2. The molecule has 5 nitrogen and oxygen atoms in total. The van der Waals surface area contributed by atoms with Gasteiger partial charge in [-0.2, -0.15) is 0 Å². The molecule has 0 spiro atoms. The fraction of sp³-hybridized carbons (Fsp3) is 0.273. The third-order valence-electron chi connectivity index (χ3n) is 1.88. The van der Waals surface area contributed by atoms with Gasteiger partial charge in [-0.15, -0.1) is 0 Å². The largest absolute Gasteiger partial charge is 0.465 e. The van der Waals surface area contributed by atoms with Gasteiger partial charge in [0.25, 0.3) is 0 Å². The molecule has 0 bridgehead atoms. The first-order valence-corrected chi connectivity index (χ1v) is 5.97. The van der Waals surface area contributed by atoms with E-state index in [4.69, 9.17) is 0 Å². The van der Waals surface area contributed by atoms with Gasteiger partial charge in [-0.05, 0) is 25.1 Å². The van der Waals surface area contributed by atoms with Crippen LogP contribution in [0.1, 0.15) is 6.92 Å². The lowest BCUT2D eigenvalue weighted by molar-refractivity contribution is -0.141. The van der Waals surface area contributed by atoms with Crippen LogP contribution in [-0.2, 0) is 9.53 Å². The Kier molecular flexibility index (Phi) is 5.57. The van der Waals surface area contributed by atoms with E-state index < -0.39 is 17.8 Å². The van der Waals surface area contributed by atoms with E-state index in [0.29, 0.717) is 4.47 Å². The van der Waals surface area contributed by atoms with E-state index in [9.17, 15) is 14.0 Å². The topological polar surface area (TPSA) is 67.4 Å². The van der Waals surface area contributed by atoms with Gasteiger partial charge in [0.15, 0.2) is 0 Å². The number of benzene rings is 1. The second-order valence-corrected chi connectivity index (χ2v) is 4.15. The maximum atomic E-state index is 13.3. The molecule has 0 aliphatic rings. The van der Waals surface area contributed by atoms with Gasteiger partial charge in [-0.1, -0.05) is 15.9 Å². The smallest absolute Gasteiger partial charge is 0.325 e. The van der Waals surface area contributed by atoms with Crippen LogP contribution in [-0.4, -0.2) is 25.2 Å². The highest BCUT2D eigenvalue weighted by atomic mass is 79.9. The Morgan fingerprint density at radius 2 is 2.17 bits per heavy atom. The maximum absolute atomic E-state index is 13.3. The first-order chi connectivity index (χ1) is 8.52. The van der Waals surface area contributed by atoms with Gasteiger partial charge in [0.1, 0.15) is 12.4 Å². The van der Waals surface area contributed by atoms with Gasteiger partial charge in [0.2, 0.25) is 0 Å². The van der Waals surface area contributed by atoms with Crippen LogP contribution in [0.15, 0.2) is 22.7 Å². The first kappa shape index (κ1) is 14.4. The van der Waals surface area contributed by atoms with Crippen molar-refractivity contribution >= 4 is 33.6 Å². The molecular weight excluding hydrogens is 307 g/mol. The molecule has 1 aromatic carbocycles. The summed E-state index contributed by atoms with van der Waals surface area (Å²) in [5.41, 5.74) is 0.0192. The van der Waals surface area contributed by atoms with Crippen molar-refractivity contribution in [2.45, 2.75) is 6.92 Å². The van der Waals surface area contributed by atoms with Crippen LogP contribution < -0.4 is 10.6 Å². The molecule has 1 rings (SSSR count). The summed E-state index contributed by atoms with van der Waals surface area (Å²) in [4.78, 5) is 22.3. The van der Waals surface area contributed by atoms with E-state index in [1.54, 1.807) is 6.92 Å². The molecule has 0 fully saturated rings. The van der Waals surface area contributed by atoms with Crippen molar-refractivity contribution in [3.05, 3.63) is 28.5 Å². The number of amides is 2. The third-order valence-corrected chi connectivity index (χ3v) is 2.37. The number of nitrogens with one attached hydrogen (secondary N) is 2.